The average molecular weight is 227 g/mol. The third-order valence-corrected chi connectivity index (χ3v) is 2.72. The van der Waals surface area contributed by atoms with E-state index in [0.717, 1.165) is 23.0 Å². The maximum atomic E-state index is 10.6. The molecule has 0 saturated carbocycles. The van der Waals surface area contributed by atoms with Gasteiger partial charge in [-0.05, 0) is 30.2 Å². The molecule has 1 atom stereocenters. The third-order valence-electron chi connectivity index (χ3n) is 2.72. The summed E-state index contributed by atoms with van der Waals surface area (Å²) in [5, 5.41) is 10.2. The van der Waals surface area contributed by atoms with E-state index in [1.807, 2.05) is 13.0 Å². The molecule has 3 nitrogen and oxygen atoms in total. The molecule has 0 radical (unpaired) electrons. The molecule has 2 rings (SSSR count). The molecule has 0 unspecified atom stereocenters. The summed E-state index contributed by atoms with van der Waals surface area (Å²) in [5.74, 6) is 0. The number of hydrogen-bond donors (Lipinski definition) is 1. The first-order valence-corrected chi connectivity index (χ1v) is 5.36. The second-order valence-electron chi connectivity index (χ2n) is 3.92. The first-order chi connectivity index (χ1) is 8.22. The number of nitrogens with zero attached hydrogens (tertiary/aromatic N) is 1. The molecule has 0 bridgehead atoms. The van der Waals surface area contributed by atoms with E-state index in [0.29, 0.717) is 5.56 Å². The van der Waals surface area contributed by atoms with Crippen molar-refractivity contribution in [3.8, 4) is 0 Å². The maximum absolute atomic E-state index is 10.6. The number of pyridine rings is 1. The minimum atomic E-state index is -0.704. The van der Waals surface area contributed by atoms with Crippen LogP contribution < -0.4 is 0 Å². The van der Waals surface area contributed by atoms with Crippen LogP contribution in [-0.4, -0.2) is 16.4 Å². The Labute approximate surface area is 99.8 Å². The Bertz CT molecular complexity index is 523. The van der Waals surface area contributed by atoms with E-state index in [9.17, 15) is 9.90 Å². The largest absolute Gasteiger partial charge is 0.384 e. The third kappa shape index (κ3) is 2.40. The molecule has 0 amide bonds. The first-order valence-electron chi connectivity index (χ1n) is 5.36. The molecule has 1 aromatic heterocycles. The molecule has 0 spiro atoms. The van der Waals surface area contributed by atoms with E-state index >= 15 is 0 Å². The predicted molar refractivity (Wildman–Crippen MR) is 64.9 cm³/mol. The monoisotopic (exact) mass is 227 g/mol. The van der Waals surface area contributed by atoms with Crippen LogP contribution in [0.15, 0.2) is 42.7 Å². The first kappa shape index (κ1) is 11.5. The van der Waals surface area contributed by atoms with Crippen LogP contribution in [0.4, 0.5) is 0 Å². The molecule has 1 heterocycles. The summed E-state index contributed by atoms with van der Waals surface area (Å²) in [6.45, 7) is 1.88. The molecule has 0 aliphatic carbocycles. The molecular weight excluding hydrogens is 214 g/mol. The lowest BCUT2D eigenvalue weighted by Crippen LogP contribution is -2.02. The highest BCUT2D eigenvalue weighted by molar-refractivity contribution is 5.75. The summed E-state index contributed by atoms with van der Waals surface area (Å²) in [6, 6.07) is 8.85. The second-order valence-corrected chi connectivity index (χ2v) is 3.92. The number of aldehydes is 1. The zero-order chi connectivity index (χ0) is 12.3. The van der Waals surface area contributed by atoms with Crippen molar-refractivity contribution in [2.75, 3.05) is 0 Å². The van der Waals surface area contributed by atoms with Crippen LogP contribution in [0, 0.1) is 6.92 Å². The van der Waals surface area contributed by atoms with Gasteiger partial charge in [0.25, 0.3) is 0 Å². The number of aliphatic hydroxyl groups is 1. The van der Waals surface area contributed by atoms with Gasteiger partial charge >= 0.3 is 0 Å². The number of hydrogen-bond acceptors (Lipinski definition) is 3. The molecule has 1 aromatic carbocycles. The number of rotatable bonds is 3. The normalized spacial score (nSPS) is 12.1. The van der Waals surface area contributed by atoms with Gasteiger partial charge in [-0.3, -0.25) is 9.78 Å². The molecule has 0 fully saturated rings. The van der Waals surface area contributed by atoms with E-state index in [1.54, 1.807) is 36.7 Å². The highest BCUT2D eigenvalue weighted by Crippen LogP contribution is 2.24. The summed E-state index contributed by atoms with van der Waals surface area (Å²) in [6.07, 6.45) is 3.40. The van der Waals surface area contributed by atoms with Crippen molar-refractivity contribution in [1.29, 1.82) is 0 Å². The van der Waals surface area contributed by atoms with E-state index in [2.05, 4.69) is 4.98 Å². The number of benzene rings is 1. The van der Waals surface area contributed by atoms with Crippen molar-refractivity contribution in [2.45, 2.75) is 13.0 Å². The van der Waals surface area contributed by atoms with Crippen LogP contribution in [0.1, 0.15) is 33.2 Å². The van der Waals surface area contributed by atoms with Crippen molar-refractivity contribution < 1.29 is 9.90 Å². The molecule has 0 saturated heterocycles. The smallest absolute Gasteiger partial charge is 0.150 e. The van der Waals surface area contributed by atoms with Crippen molar-refractivity contribution in [1.82, 2.24) is 4.98 Å². The second kappa shape index (κ2) is 4.89. The number of carbonyl (C=O) groups is 1. The molecular formula is C14H13NO2. The fraction of sp³-hybridized carbons (Fsp3) is 0.143. The van der Waals surface area contributed by atoms with Crippen LogP contribution in [-0.2, 0) is 0 Å². The van der Waals surface area contributed by atoms with Crippen molar-refractivity contribution >= 4 is 6.29 Å². The van der Waals surface area contributed by atoms with Gasteiger partial charge in [-0.25, -0.2) is 0 Å². The van der Waals surface area contributed by atoms with E-state index in [4.69, 9.17) is 0 Å². The van der Waals surface area contributed by atoms with E-state index < -0.39 is 6.10 Å². The van der Waals surface area contributed by atoms with Crippen LogP contribution in [0.2, 0.25) is 0 Å². The van der Waals surface area contributed by atoms with Gasteiger partial charge in [0.15, 0.2) is 0 Å². The van der Waals surface area contributed by atoms with Crippen molar-refractivity contribution in [3.63, 3.8) is 0 Å². The Kier molecular flexibility index (Phi) is 3.30. The van der Waals surface area contributed by atoms with Crippen LogP contribution in [0.3, 0.4) is 0 Å². The van der Waals surface area contributed by atoms with Gasteiger partial charge in [-0.1, -0.05) is 18.2 Å². The minimum absolute atomic E-state index is 0.615. The topological polar surface area (TPSA) is 50.2 Å². The molecule has 3 heteroatoms. The molecule has 2 aromatic rings. The summed E-state index contributed by atoms with van der Waals surface area (Å²) < 4.78 is 0. The van der Waals surface area contributed by atoms with Gasteiger partial charge in [0.2, 0.25) is 0 Å². The van der Waals surface area contributed by atoms with Gasteiger partial charge < -0.3 is 5.11 Å². The highest BCUT2D eigenvalue weighted by atomic mass is 16.3. The lowest BCUT2D eigenvalue weighted by atomic mass is 9.97. The van der Waals surface area contributed by atoms with Crippen LogP contribution in [0.25, 0.3) is 0 Å². The summed E-state index contributed by atoms with van der Waals surface area (Å²) in [7, 11) is 0. The lowest BCUT2D eigenvalue weighted by molar-refractivity contribution is 0.112. The maximum Gasteiger partial charge on any atom is 0.150 e. The van der Waals surface area contributed by atoms with Gasteiger partial charge in [0.05, 0.1) is 0 Å². The predicted octanol–water partition coefficient (Wildman–Crippen LogP) is 2.28. The summed E-state index contributed by atoms with van der Waals surface area (Å²) >= 11 is 0. The van der Waals surface area contributed by atoms with Crippen LogP contribution in [0.5, 0.6) is 0 Å². The molecule has 0 aliphatic rings. The molecule has 1 N–H and O–H groups in total. The Hall–Kier alpha value is -2.00. The van der Waals surface area contributed by atoms with Crippen molar-refractivity contribution in [3.05, 3.63) is 65.0 Å². The minimum Gasteiger partial charge on any atom is -0.384 e. The Morgan fingerprint density at radius 1 is 1.35 bits per heavy atom. The molecule has 17 heavy (non-hydrogen) atoms. The fourth-order valence-electron chi connectivity index (χ4n) is 1.80. The number of aromatic nitrogens is 1. The Morgan fingerprint density at radius 2 is 2.18 bits per heavy atom. The average Bonchev–Trinajstić information content (AvgIpc) is 2.39. The fourth-order valence-corrected chi connectivity index (χ4v) is 1.80. The standard InChI is InChI=1S/C14H13NO2/c1-10-7-11(9-16)4-5-13(10)14(17)12-3-2-6-15-8-12/h2-9,14,17H,1H3/t14-/m0/s1. The zero-order valence-electron chi connectivity index (χ0n) is 9.50. The SMILES string of the molecule is Cc1cc(C=O)ccc1[C@@H](O)c1cccnc1. The zero-order valence-corrected chi connectivity index (χ0v) is 9.50. The number of carbonyl (C=O) groups excluding carboxylic acids is 1. The molecule has 0 aliphatic heterocycles. The van der Waals surface area contributed by atoms with Crippen molar-refractivity contribution in [2.24, 2.45) is 0 Å². The highest BCUT2D eigenvalue weighted by Gasteiger charge is 2.12. The Morgan fingerprint density at radius 3 is 2.76 bits per heavy atom. The van der Waals surface area contributed by atoms with E-state index in [1.165, 1.54) is 0 Å². The van der Waals surface area contributed by atoms with Gasteiger partial charge in [-0.2, -0.15) is 0 Å². The Balaban J connectivity index is 2.38. The van der Waals surface area contributed by atoms with Crippen LogP contribution >= 0.6 is 0 Å². The number of aliphatic hydroxyl groups excluding tert-OH is 1. The number of aryl methyl sites for hydroxylation is 1. The lowest BCUT2D eigenvalue weighted by Gasteiger charge is -2.13. The quantitative estimate of drug-likeness (QED) is 0.818. The van der Waals surface area contributed by atoms with E-state index in [-0.39, 0.29) is 0 Å². The van der Waals surface area contributed by atoms with Gasteiger partial charge in [-0.15, -0.1) is 0 Å². The summed E-state index contributed by atoms with van der Waals surface area (Å²) in [4.78, 5) is 14.6. The molecule has 86 valence electrons. The van der Waals surface area contributed by atoms with Gasteiger partial charge in [0.1, 0.15) is 12.4 Å². The van der Waals surface area contributed by atoms with Gasteiger partial charge in [0, 0.05) is 23.5 Å². The summed E-state index contributed by atoms with van der Waals surface area (Å²) in [5.41, 5.74) is 3.05.